The van der Waals surface area contributed by atoms with Crippen LogP contribution >= 0.6 is 0 Å². The minimum atomic E-state index is 0. The van der Waals surface area contributed by atoms with Crippen molar-refractivity contribution in [3.05, 3.63) is 0 Å². The van der Waals surface area contributed by atoms with Gasteiger partial charge in [-0.05, 0) is 0 Å². The van der Waals surface area contributed by atoms with Gasteiger partial charge in [-0.15, -0.1) is 0 Å². The molecule has 0 unspecified atom stereocenters. The fourth-order valence-corrected chi connectivity index (χ4v) is 0. The van der Waals surface area contributed by atoms with E-state index in [1.54, 1.807) is 0 Å². The zero-order chi connectivity index (χ0) is 2.71. The summed E-state index contributed by atoms with van der Waals surface area (Å²) < 4.78 is 0. The van der Waals surface area contributed by atoms with Gasteiger partial charge in [0.05, 0.1) is 0 Å². The second-order valence-electron chi connectivity index (χ2n) is 0.707. The molecule has 0 aliphatic rings. The number of hydrogen-bond donors (Lipinski definition) is 0. The zero-order valence-electron chi connectivity index (χ0n) is 3.21. The topological polar surface area (TPSA) is 0 Å². The second kappa shape index (κ2) is 8.93. The van der Waals surface area contributed by atoms with Crippen molar-refractivity contribution in [1.29, 1.82) is 0 Å². The predicted molar refractivity (Wildman–Crippen MR) is 20.3 cm³/mol. The van der Waals surface area contributed by atoms with Crippen molar-refractivity contribution in [1.82, 2.24) is 0 Å². The van der Waals surface area contributed by atoms with Crippen LogP contribution in [0.25, 0.3) is 0 Å². The Morgan fingerprint density at radius 1 is 1.25 bits per heavy atom. The quantitative estimate of drug-likeness (QED) is 0.435. The zero-order valence-corrected chi connectivity index (χ0v) is 7.08. The molecule has 20 valence electrons. The fraction of sp³-hybridized carbons (Fsp3) is 1.00. The van der Waals surface area contributed by atoms with Crippen molar-refractivity contribution >= 4 is 9.52 Å². The third-order valence-corrected chi connectivity index (χ3v) is 0. The van der Waals surface area contributed by atoms with Gasteiger partial charge in [0, 0.05) is 9.52 Å². The summed E-state index contributed by atoms with van der Waals surface area (Å²) in [5.41, 5.74) is 0. The maximum atomic E-state index is 2.26. The van der Waals surface area contributed by atoms with Crippen LogP contribution in [0.2, 0.25) is 13.1 Å². The molecule has 0 aliphatic carbocycles. The Balaban J connectivity index is 0. The SMILES string of the molecule is C[SiH2]C.[Zr+4]. The molecule has 0 saturated carbocycles. The second-order valence-corrected chi connectivity index (χ2v) is 2.12. The Bertz CT molecular complexity index is 6.00. The normalized spacial score (nSPS) is 4.50. The van der Waals surface area contributed by atoms with Crippen molar-refractivity contribution in [2.45, 2.75) is 13.1 Å². The molecule has 0 aromatic heterocycles. The maximum Gasteiger partial charge on any atom is 4.00 e. The van der Waals surface area contributed by atoms with Crippen LogP contribution in [0, 0.1) is 0 Å². The molecule has 0 aliphatic heterocycles. The van der Waals surface area contributed by atoms with Crippen molar-refractivity contribution in [3.63, 3.8) is 0 Å². The first-order valence-electron chi connectivity index (χ1n) is 1.41. The molecule has 0 amide bonds. The van der Waals surface area contributed by atoms with Gasteiger partial charge >= 0.3 is 26.2 Å². The van der Waals surface area contributed by atoms with Crippen LogP contribution in [0.1, 0.15) is 0 Å². The maximum absolute atomic E-state index is 2.26. The Morgan fingerprint density at radius 2 is 1.25 bits per heavy atom. The molecule has 0 N–H and O–H groups in total. The van der Waals surface area contributed by atoms with Crippen molar-refractivity contribution in [3.8, 4) is 0 Å². The molecule has 0 aromatic rings. The molecule has 0 saturated heterocycles. The van der Waals surface area contributed by atoms with E-state index in [0.29, 0.717) is 9.52 Å². The molecular formula is C2H8SiZr+4. The minimum absolute atomic E-state index is 0. The van der Waals surface area contributed by atoms with Gasteiger partial charge < -0.3 is 0 Å². The van der Waals surface area contributed by atoms with Crippen LogP contribution in [-0.4, -0.2) is 9.52 Å². The number of rotatable bonds is 0. The van der Waals surface area contributed by atoms with Crippen molar-refractivity contribution < 1.29 is 26.2 Å². The van der Waals surface area contributed by atoms with E-state index in [9.17, 15) is 0 Å². The molecule has 0 rings (SSSR count). The molecule has 0 atom stereocenters. The van der Waals surface area contributed by atoms with Crippen LogP contribution < -0.4 is 0 Å². The predicted octanol–water partition coefficient (Wildman–Crippen LogP) is 0.249. The van der Waals surface area contributed by atoms with E-state index in [-0.39, 0.29) is 26.2 Å². The summed E-state index contributed by atoms with van der Waals surface area (Å²) in [6, 6.07) is 0. The molecule has 0 aromatic carbocycles. The molecule has 4 heavy (non-hydrogen) atoms. The summed E-state index contributed by atoms with van der Waals surface area (Å²) >= 11 is 0. The van der Waals surface area contributed by atoms with Gasteiger partial charge in [0.1, 0.15) is 0 Å². The Labute approximate surface area is 48.9 Å². The van der Waals surface area contributed by atoms with Gasteiger partial charge in [-0.25, -0.2) is 0 Å². The van der Waals surface area contributed by atoms with Crippen LogP contribution in [0.15, 0.2) is 0 Å². The average Bonchev–Trinajstić information content (AvgIpc) is 0.918. The Morgan fingerprint density at radius 3 is 1.25 bits per heavy atom. The van der Waals surface area contributed by atoms with Crippen molar-refractivity contribution in [2.75, 3.05) is 0 Å². The van der Waals surface area contributed by atoms with Gasteiger partial charge in [-0.2, -0.15) is 0 Å². The third kappa shape index (κ3) is 11.3. The largest absolute Gasteiger partial charge is 4.00 e. The van der Waals surface area contributed by atoms with Gasteiger partial charge in [0.25, 0.3) is 0 Å². The summed E-state index contributed by atoms with van der Waals surface area (Å²) in [6.07, 6.45) is 0. The van der Waals surface area contributed by atoms with Crippen LogP contribution in [-0.2, 0) is 26.2 Å². The molecule has 0 spiro atoms. The molecule has 0 heterocycles. The molecule has 0 radical (unpaired) electrons. The van der Waals surface area contributed by atoms with Gasteiger partial charge in [-0.1, -0.05) is 13.1 Å². The summed E-state index contributed by atoms with van der Waals surface area (Å²) in [5.74, 6) is 0. The summed E-state index contributed by atoms with van der Waals surface area (Å²) in [5, 5.41) is 0. The van der Waals surface area contributed by atoms with Gasteiger partial charge in [0.2, 0.25) is 0 Å². The first-order valence-corrected chi connectivity index (χ1v) is 4.24. The van der Waals surface area contributed by atoms with Crippen LogP contribution in [0.5, 0.6) is 0 Å². The number of hydrogen-bond acceptors (Lipinski definition) is 0. The first-order chi connectivity index (χ1) is 1.41. The van der Waals surface area contributed by atoms with E-state index in [1.165, 1.54) is 0 Å². The molecule has 0 fully saturated rings. The molecule has 0 bridgehead atoms. The average molecular weight is 151 g/mol. The van der Waals surface area contributed by atoms with E-state index in [2.05, 4.69) is 13.1 Å². The Hall–Kier alpha value is 1.10. The van der Waals surface area contributed by atoms with E-state index in [4.69, 9.17) is 0 Å². The van der Waals surface area contributed by atoms with E-state index < -0.39 is 0 Å². The minimum Gasteiger partial charge on any atom is -0.0750 e. The van der Waals surface area contributed by atoms with E-state index >= 15 is 0 Å². The van der Waals surface area contributed by atoms with Gasteiger partial charge in [0.15, 0.2) is 0 Å². The fourth-order valence-electron chi connectivity index (χ4n) is 0. The third-order valence-electron chi connectivity index (χ3n) is 0. The summed E-state index contributed by atoms with van der Waals surface area (Å²) in [6.45, 7) is 4.53. The van der Waals surface area contributed by atoms with Crippen LogP contribution in [0.3, 0.4) is 0 Å². The van der Waals surface area contributed by atoms with Crippen LogP contribution in [0.4, 0.5) is 0 Å². The van der Waals surface area contributed by atoms with Gasteiger partial charge in [-0.3, -0.25) is 0 Å². The Kier molecular flexibility index (Phi) is 19.9. The molecule has 0 nitrogen and oxygen atoms in total. The van der Waals surface area contributed by atoms with Crippen molar-refractivity contribution in [2.24, 2.45) is 0 Å². The first kappa shape index (κ1) is 8.92. The van der Waals surface area contributed by atoms with E-state index in [1.807, 2.05) is 0 Å². The smallest absolute Gasteiger partial charge is 0.0750 e. The summed E-state index contributed by atoms with van der Waals surface area (Å²) in [7, 11) is 0.417. The monoisotopic (exact) mass is 150 g/mol. The molecule has 2 heteroatoms. The van der Waals surface area contributed by atoms with E-state index in [0.717, 1.165) is 0 Å². The molecular weight excluding hydrogens is 143 g/mol. The standard InChI is InChI=1S/C2H8Si.Zr/c1-3-2;/h3H2,1-2H3;/q;+4. The summed E-state index contributed by atoms with van der Waals surface area (Å²) in [4.78, 5) is 0.